The van der Waals surface area contributed by atoms with E-state index in [2.05, 4.69) is 5.32 Å². The highest BCUT2D eigenvalue weighted by Gasteiger charge is 2.32. The lowest BCUT2D eigenvalue weighted by Crippen LogP contribution is -2.51. The number of nitrogens with zero attached hydrogens (tertiary/aromatic N) is 2. The Hall–Kier alpha value is -3.14. The summed E-state index contributed by atoms with van der Waals surface area (Å²) in [4.78, 5) is 27.3. The van der Waals surface area contributed by atoms with Gasteiger partial charge in [-0.15, -0.1) is 0 Å². The van der Waals surface area contributed by atoms with Crippen molar-refractivity contribution in [2.75, 3.05) is 30.8 Å². The monoisotopic (exact) mass is 479 g/mol. The second-order valence-corrected chi connectivity index (χ2v) is 9.26. The Labute approximate surface area is 194 Å². The number of hydrogen-bond donors (Lipinski definition) is 1. The van der Waals surface area contributed by atoms with Gasteiger partial charge in [-0.05, 0) is 43.2 Å². The third-order valence-electron chi connectivity index (χ3n) is 5.01. The molecule has 0 aromatic heterocycles. The molecule has 0 aliphatic rings. The molecule has 33 heavy (non-hydrogen) atoms. The zero-order chi connectivity index (χ0) is 24.6. The number of amides is 2. The fourth-order valence-electron chi connectivity index (χ4n) is 3.41. The van der Waals surface area contributed by atoms with E-state index in [0.29, 0.717) is 24.3 Å². The van der Waals surface area contributed by atoms with Crippen LogP contribution in [0, 0.1) is 5.82 Å². The first kappa shape index (κ1) is 26.1. The van der Waals surface area contributed by atoms with E-state index in [-0.39, 0.29) is 18.1 Å². The second-order valence-electron chi connectivity index (χ2n) is 7.36. The van der Waals surface area contributed by atoms with Crippen LogP contribution in [0.15, 0.2) is 48.5 Å². The van der Waals surface area contributed by atoms with Crippen LogP contribution in [0.4, 0.5) is 10.1 Å². The van der Waals surface area contributed by atoms with E-state index >= 15 is 0 Å². The zero-order valence-electron chi connectivity index (χ0n) is 19.2. The minimum absolute atomic E-state index is 0.00967. The number of benzene rings is 2. The topological polar surface area (TPSA) is 96.0 Å². The number of likely N-dealkylation sites (N-methyl/N-ethyl adjacent to an activating group) is 1. The van der Waals surface area contributed by atoms with E-state index in [1.807, 2.05) is 0 Å². The van der Waals surface area contributed by atoms with Crippen LogP contribution in [0.2, 0.25) is 0 Å². The molecule has 1 N–H and O–H groups in total. The molecule has 0 bridgehead atoms. The largest absolute Gasteiger partial charge is 0.492 e. The smallest absolute Gasteiger partial charge is 0.244 e. The molecule has 1 atom stereocenters. The Morgan fingerprint density at radius 1 is 1.09 bits per heavy atom. The summed E-state index contributed by atoms with van der Waals surface area (Å²) in [5.74, 6) is -1.06. The number of anilines is 1. The van der Waals surface area contributed by atoms with Gasteiger partial charge < -0.3 is 15.0 Å². The van der Waals surface area contributed by atoms with Crippen molar-refractivity contribution in [1.82, 2.24) is 10.2 Å². The van der Waals surface area contributed by atoms with E-state index in [1.165, 1.54) is 36.2 Å². The van der Waals surface area contributed by atoms with E-state index in [9.17, 15) is 22.4 Å². The average Bonchev–Trinajstić information content (AvgIpc) is 2.78. The van der Waals surface area contributed by atoms with E-state index in [0.717, 1.165) is 10.6 Å². The Bertz CT molecular complexity index is 1060. The highest BCUT2D eigenvalue weighted by molar-refractivity contribution is 7.92. The highest BCUT2D eigenvalue weighted by Crippen LogP contribution is 2.30. The van der Waals surface area contributed by atoms with Crippen molar-refractivity contribution in [3.63, 3.8) is 0 Å². The minimum atomic E-state index is -3.87. The number of para-hydroxylation sites is 2. The zero-order valence-corrected chi connectivity index (χ0v) is 20.1. The number of carbonyl (C=O) groups is 2. The fraction of sp³-hybridized carbons (Fsp3) is 0.391. The summed E-state index contributed by atoms with van der Waals surface area (Å²) in [6.07, 6.45) is 1.31. The molecule has 2 aromatic rings. The molecular weight excluding hydrogens is 449 g/mol. The van der Waals surface area contributed by atoms with Crippen LogP contribution in [0.5, 0.6) is 5.75 Å². The lowest BCUT2D eigenvalue weighted by molar-refractivity contribution is -0.140. The molecule has 0 spiro atoms. The van der Waals surface area contributed by atoms with Gasteiger partial charge in [-0.3, -0.25) is 13.9 Å². The average molecular weight is 480 g/mol. The fourth-order valence-corrected chi connectivity index (χ4v) is 4.26. The van der Waals surface area contributed by atoms with Gasteiger partial charge >= 0.3 is 0 Å². The molecule has 8 nitrogen and oxygen atoms in total. The van der Waals surface area contributed by atoms with Crippen molar-refractivity contribution in [1.29, 1.82) is 0 Å². The number of ether oxygens (including phenoxy) is 1. The SMILES string of the molecule is CCOc1ccccc1N(CC(=O)N(Cc1ccc(F)cc1)C(CC)C(=O)NC)S(C)(=O)=O. The molecule has 2 rings (SSSR count). The standard InChI is InChI=1S/C23H30FN3O5S/c1-5-19(23(29)25-3)26(15-17-11-13-18(24)14-12-17)22(28)16-27(33(4,30)31)20-9-7-8-10-21(20)32-6-2/h7-14,19H,5-6,15-16H2,1-4H3,(H,25,29). The molecule has 0 fully saturated rings. The number of hydrogen-bond acceptors (Lipinski definition) is 5. The third-order valence-corrected chi connectivity index (χ3v) is 6.14. The number of halogens is 1. The second kappa shape index (κ2) is 11.6. The summed E-state index contributed by atoms with van der Waals surface area (Å²) in [6, 6.07) is 11.3. The molecule has 0 aliphatic heterocycles. The van der Waals surface area contributed by atoms with Crippen molar-refractivity contribution in [3.05, 3.63) is 59.9 Å². The van der Waals surface area contributed by atoms with Gasteiger partial charge in [-0.1, -0.05) is 31.2 Å². The quantitative estimate of drug-likeness (QED) is 0.534. The molecule has 0 aliphatic carbocycles. The van der Waals surface area contributed by atoms with Crippen molar-refractivity contribution in [3.8, 4) is 5.75 Å². The first-order valence-corrected chi connectivity index (χ1v) is 12.4. The van der Waals surface area contributed by atoms with E-state index in [1.54, 1.807) is 38.1 Å². The molecule has 0 saturated heterocycles. The maximum atomic E-state index is 13.5. The predicted octanol–water partition coefficient (Wildman–Crippen LogP) is 2.54. The van der Waals surface area contributed by atoms with Gasteiger partial charge in [-0.2, -0.15) is 0 Å². The first-order chi connectivity index (χ1) is 15.6. The van der Waals surface area contributed by atoms with E-state index < -0.39 is 34.3 Å². The molecule has 2 amide bonds. The van der Waals surface area contributed by atoms with Gasteiger partial charge in [0.05, 0.1) is 18.6 Å². The number of carbonyl (C=O) groups excluding carboxylic acids is 2. The summed E-state index contributed by atoms with van der Waals surface area (Å²) >= 11 is 0. The lowest BCUT2D eigenvalue weighted by Gasteiger charge is -2.32. The van der Waals surface area contributed by atoms with Crippen molar-refractivity contribution < 1.29 is 27.1 Å². The lowest BCUT2D eigenvalue weighted by atomic mass is 10.1. The maximum Gasteiger partial charge on any atom is 0.244 e. The van der Waals surface area contributed by atoms with E-state index in [4.69, 9.17) is 4.74 Å². The van der Waals surface area contributed by atoms with Gasteiger partial charge in [0.2, 0.25) is 21.8 Å². The Kier molecular flexibility index (Phi) is 9.22. The normalized spacial score (nSPS) is 12.0. The van der Waals surface area contributed by atoms with Crippen LogP contribution in [0.1, 0.15) is 25.8 Å². The van der Waals surface area contributed by atoms with Crippen LogP contribution in [-0.4, -0.2) is 57.6 Å². The Morgan fingerprint density at radius 2 is 1.73 bits per heavy atom. The molecule has 180 valence electrons. The summed E-state index contributed by atoms with van der Waals surface area (Å²) in [5, 5.41) is 2.54. The first-order valence-electron chi connectivity index (χ1n) is 10.6. The summed E-state index contributed by atoms with van der Waals surface area (Å²) in [5.41, 5.74) is 0.831. The van der Waals surface area contributed by atoms with Gasteiger partial charge in [0.15, 0.2) is 0 Å². The molecular formula is C23H30FN3O5S. The molecule has 2 aromatic carbocycles. The van der Waals surface area contributed by atoms with Crippen LogP contribution in [0.3, 0.4) is 0 Å². The molecule has 0 saturated carbocycles. The van der Waals surface area contributed by atoms with Crippen molar-refractivity contribution in [2.24, 2.45) is 0 Å². The number of rotatable bonds is 11. The predicted molar refractivity (Wildman–Crippen MR) is 125 cm³/mol. The van der Waals surface area contributed by atoms with Crippen LogP contribution in [0.25, 0.3) is 0 Å². The van der Waals surface area contributed by atoms with Gasteiger partial charge in [0, 0.05) is 13.6 Å². The summed E-state index contributed by atoms with van der Waals surface area (Å²) in [6.45, 7) is 3.32. The number of nitrogens with one attached hydrogen (secondary N) is 1. The van der Waals surface area contributed by atoms with Crippen LogP contribution >= 0.6 is 0 Å². The minimum Gasteiger partial charge on any atom is -0.492 e. The molecule has 10 heteroatoms. The van der Waals surface area contributed by atoms with Crippen molar-refractivity contribution >= 4 is 27.5 Å². The molecule has 1 unspecified atom stereocenters. The Morgan fingerprint density at radius 3 is 2.27 bits per heavy atom. The van der Waals surface area contributed by atoms with Crippen molar-refractivity contribution in [2.45, 2.75) is 32.9 Å². The highest BCUT2D eigenvalue weighted by atomic mass is 32.2. The molecule has 0 heterocycles. The van der Waals surface area contributed by atoms with Gasteiger partial charge in [0.1, 0.15) is 24.2 Å². The number of sulfonamides is 1. The van der Waals surface area contributed by atoms with Gasteiger partial charge in [-0.25, -0.2) is 12.8 Å². The van der Waals surface area contributed by atoms with Crippen LogP contribution < -0.4 is 14.4 Å². The van der Waals surface area contributed by atoms with Gasteiger partial charge in [0.25, 0.3) is 0 Å². The van der Waals surface area contributed by atoms with Crippen LogP contribution in [-0.2, 0) is 26.2 Å². The Balaban J connectivity index is 2.46. The maximum absolute atomic E-state index is 13.5. The third kappa shape index (κ3) is 6.92. The summed E-state index contributed by atoms with van der Waals surface area (Å²) < 4.78 is 45.2. The summed E-state index contributed by atoms with van der Waals surface area (Å²) in [7, 11) is -2.40. The molecule has 0 radical (unpaired) electrons.